The normalized spacial score (nSPS) is 12.1. The molecule has 0 N–H and O–H groups in total. The summed E-state index contributed by atoms with van der Waals surface area (Å²) in [4.78, 5) is 14.5. The fourth-order valence-corrected chi connectivity index (χ4v) is 3.33. The van der Waals surface area contributed by atoms with Gasteiger partial charge in [0.05, 0.1) is 28.5 Å². The van der Waals surface area contributed by atoms with Crippen molar-refractivity contribution in [2.24, 2.45) is 4.99 Å². The first kappa shape index (κ1) is 19.9. The Morgan fingerprint density at radius 3 is 1.86 bits per heavy atom. The van der Waals surface area contributed by atoms with Crippen LogP contribution in [-0.4, -0.2) is 15.7 Å². The Morgan fingerprint density at radius 2 is 1.29 bits per heavy atom. The van der Waals surface area contributed by atoms with Crippen LogP contribution in [0.4, 0.5) is 5.69 Å². The Labute approximate surface area is 168 Å². The maximum atomic E-state index is 5.06. The van der Waals surface area contributed by atoms with Crippen LogP contribution < -0.4 is 0 Å². The van der Waals surface area contributed by atoms with Gasteiger partial charge in [0.25, 0.3) is 0 Å². The summed E-state index contributed by atoms with van der Waals surface area (Å²) < 4.78 is 0. The van der Waals surface area contributed by atoms with Gasteiger partial charge < -0.3 is 0 Å². The van der Waals surface area contributed by atoms with Crippen LogP contribution in [0.15, 0.2) is 59.6 Å². The number of hydrogen-bond acceptors (Lipinski definition) is 3. The van der Waals surface area contributed by atoms with Crippen molar-refractivity contribution in [3.63, 3.8) is 0 Å². The first-order chi connectivity index (χ1) is 13.4. The number of aromatic nitrogens is 2. The van der Waals surface area contributed by atoms with E-state index in [4.69, 9.17) is 9.98 Å². The molecule has 3 heteroatoms. The van der Waals surface area contributed by atoms with Crippen molar-refractivity contribution in [1.29, 1.82) is 0 Å². The van der Waals surface area contributed by atoms with E-state index in [0.29, 0.717) is 11.8 Å². The molecule has 3 aromatic rings. The molecule has 0 radical (unpaired) electrons. The minimum Gasteiger partial charge on any atom is -0.251 e. The summed E-state index contributed by atoms with van der Waals surface area (Å²) in [5, 5.41) is 0. The minimum absolute atomic E-state index is 0.418. The Balaban J connectivity index is 2.07. The highest BCUT2D eigenvalue weighted by molar-refractivity contribution is 5.99. The van der Waals surface area contributed by atoms with E-state index >= 15 is 0 Å². The zero-order chi connectivity index (χ0) is 20.3. The van der Waals surface area contributed by atoms with E-state index < -0.39 is 0 Å². The van der Waals surface area contributed by atoms with E-state index in [2.05, 4.69) is 50.9 Å². The predicted octanol–water partition coefficient (Wildman–Crippen LogP) is 6.84. The van der Waals surface area contributed by atoms with Gasteiger partial charge in [-0.3, -0.25) is 9.98 Å². The van der Waals surface area contributed by atoms with E-state index in [0.717, 1.165) is 34.2 Å². The van der Waals surface area contributed by atoms with Crippen molar-refractivity contribution in [2.45, 2.75) is 53.4 Å². The lowest BCUT2D eigenvalue weighted by atomic mass is 9.93. The minimum atomic E-state index is 0.418. The molecule has 144 valence electrons. The van der Waals surface area contributed by atoms with Crippen LogP contribution >= 0.6 is 0 Å². The van der Waals surface area contributed by atoms with Crippen LogP contribution in [0.5, 0.6) is 0 Å². The molecule has 0 atom stereocenters. The fraction of sp³-hybridized carbons (Fsp3) is 0.320. The number of nitrogens with zero attached hydrogens (tertiary/aromatic N) is 3. The molecule has 0 amide bonds. The summed E-state index contributed by atoms with van der Waals surface area (Å²) in [5.74, 6) is 0.835. The molecular weight excluding hydrogens is 342 g/mol. The van der Waals surface area contributed by atoms with Gasteiger partial charge in [0.1, 0.15) is 0 Å². The Morgan fingerprint density at radius 1 is 0.750 bits per heavy atom. The maximum absolute atomic E-state index is 5.06. The van der Waals surface area contributed by atoms with Crippen molar-refractivity contribution in [3.8, 4) is 11.4 Å². The van der Waals surface area contributed by atoms with Crippen LogP contribution in [-0.2, 0) is 0 Å². The van der Waals surface area contributed by atoms with E-state index in [-0.39, 0.29) is 0 Å². The fourth-order valence-electron chi connectivity index (χ4n) is 3.33. The highest BCUT2D eigenvalue weighted by Gasteiger charge is 2.14. The van der Waals surface area contributed by atoms with Gasteiger partial charge in [-0.1, -0.05) is 58.0 Å². The largest absolute Gasteiger partial charge is 0.251 e. The average molecular weight is 372 g/mol. The van der Waals surface area contributed by atoms with Crippen molar-refractivity contribution >= 4 is 11.4 Å². The second kappa shape index (κ2) is 8.47. The molecule has 0 aliphatic heterocycles. The third kappa shape index (κ3) is 4.36. The summed E-state index contributed by atoms with van der Waals surface area (Å²) in [6, 6.07) is 18.6. The number of hydrogen-bond donors (Lipinski definition) is 0. The molecule has 0 spiro atoms. The van der Waals surface area contributed by atoms with E-state index in [1.165, 1.54) is 11.1 Å². The first-order valence-electron chi connectivity index (χ1n) is 9.96. The molecule has 28 heavy (non-hydrogen) atoms. The molecule has 2 heterocycles. The number of pyridine rings is 2. The van der Waals surface area contributed by atoms with E-state index in [1.54, 1.807) is 0 Å². The third-order valence-electron chi connectivity index (χ3n) is 4.89. The molecule has 0 aliphatic carbocycles. The van der Waals surface area contributed by atoms with Crippen LogP contribution in [0.25, 0.3) is 11.4 Å². The summed E-state index contributed by atoms with van der Waals surface area (Å²) >= 11 is 0. The lowest BCUT2D eigenvalue weighted by molar-refractivity contribution is 0.834. The van der Waals surface area contributed by atoms with Gasteiger partial charge in [0.15, 0.2) is 0 Å². The van der Waals surface area contributed by atoms with Crippen molar-refractivity contribution in [3.05, 3.63) is 77.1 Å². The molecule has 0 aliphatic rings. The number of aryl methyl sites for hydroxylation is 1. The smallest absolute Gasteiger partial charge is 0.0894 e. The zero-order valence-corrected chi connectivity index (χ0v) is 17.7. The summed E-state index contributed by atoms with van der Waals surface area (Å²) in [6.45, 7) is 12.9. The second-order valence-corrected chi connectivity index (χ2v) is 7.86. The Bertz CT molecular complexity index is 974. The lowest BCUT2D eigenvalue weighted by Crippen LogP contribution is -2.02. The van der Waals surface area contributed by atoms with Gasteiger partial charge in [-0.25, -0.2) is 4.98 Å². The van der Waals surface area contributed by atoms with E-state index in [9.17, 15) is 0 Å². The van der Waals surface area contributed by atoms with Crippen LogP contribution in [0, 0.1) is 6.92 Å². The van der Waals surface area contributed by atoms with Gasteiger partial charge in [0, 0.05) is 5.69 Å². The van der Waals surface area contributed by atoms with E-state index in [1.807, 2.05) is 50.2 Å². The molecular formula is C25H29N3. The highest BCUT2D eigenvalue weighted by Crippen LogP contribution is 2.35. The predicted molar refractivity (Wildman–Crippen MR) is 119 cm³/mol. The molecule has 3 rings (SSSR count). The lowest BCUT2D eigenvalue weighted by Gasteiger charge is -2.17. The number of para-hydroxylation sites is 1. The number of benzene rings is 1. The quantitative estimate of drug-likeness (QED) is 0.460. The Hall–Kier alpha value is -2.81. The van der Waals surface area contributed by atoms with Crippen molar-refractivity contribution in [1.82, 2.24) is 9.97 Å². The third-order valence-corrected chi connectivity index (χ3v) is 4.89. The number of rotatable bonds is 5. The topological polar surface area (TPSA) is 38.1 Å². The summed E-state index contributed by atoms with van der Waals surface area (Å²) in [7, 11) is 0. The number of aliphatic imine (C=N–C) groups is 1. The van der Waals surface area contributed by atoms with Crippen LogP contribution in [0.2, 0.25) is 0 Å². The second-order valence-electron chi connectivity index (χ2n) is 7.86. The van der Waals surface area contributed by atoms with Gasteiger partial charge in [-0.05, 0) is 61.1 Å². The SMILES string of the molecule is CC(=Nc1c(C(C)C)cccc1C(C)C)c1cccc(-c2cccc(C)n2)n1. The average Bonchev–Trinajstić information content (AvgIpc) is 2.67. The Kier molecular flexibility index (Phi) is 6.03. The molecule has 0 saturated heterocycles. The van der Waals surface area contributed by atoms with Crippen molar-refractivity contribution in [2.75, 3.05) is 0 Å². The molecule has 0 bridgehead atoms. The van der Waals surface area contributed by atoms with Gasteiger partial charge >= 0.3 is 0 Å². The monoisotopic (exact) mass is 371 g/mol. The van der Waals surface area contributed by atoms with Gasteiger partial charge in [0.2, 0.25) is 0 Å². The van der Waals surface area contributed by atoms with Gasteiger partial charge in [-0.2, -0.15) is 0 Å². The maximum Gasteiger partial charge on any atom is 0.0894 e. The first-order valence-corrected chi connectivity index (χ1v) is 9.96. The summed E-state index contributed by atoms with van der Waals surface area (Å²) in [5.41, 5.74) is 8.20. The molecule has 2 aromatic heterocycles. The molecule has 0 fully saturated rings. The van der Waals surface area contributed by atoms with Crippen LogP contribution in [0.1, 0.15) is 69.0 Å². The molecule has 0 unspecified atom stereocenters. The van der Waals surface area contributed by atoms with Gasteiger partial charge in [-0.15, -0.1) is 0 Å². The highest BCUT2D eigenvalue weighted by atomic mass is 14.8. The van der Waals surface area contributed by atoms with Crippen LogP contribution in [0.3, 0.4) is 0 Å². The summed E-state index contributed by atoms with van der Waals surface area (Å²) in [6.07, 6.45) is 0. The molecule has 0 saturated carbocycles. The zero-order valence-electron chi connectivity index (χ0n) is 17.7. The molecule has 3 nitrogen and oxygen atoms in total. The standard InChI is InChI=1S/C25H29N3/c1-16(2)20-11-8-12-21(17(3)4)25(20)27-19(6)22-13-9-15-24(28-22)23-14-7-10-18(5)26-23/h7-17H,1-6H3. The molecule has 1 aromatic carbocycles. The van der Waals surface area contributed by atoms with Crippen molar-refractivity contribution < 1.29 is 0 Å².